The molecule has 5 heteroatoms. The van der Waals surface area contributed by atoms with Crippen molar-refractivity contribution in [2.45, 2.75) is 57.0 Å². The minimum atomic E-state index is -0.371. The van der Waals surface area contributed by atoms with Crippen LogP contribution in [0.15, 0.2) is 0 Å². The van der Waals surface area contributed by atoms with Gasteiger partial charge in [-0.25, -0.2) is 0 Å². The number of hydrogen-bond donors (Lipinski definition) is 1. The van der Waals surface area contributed by atoms with Crippen LogP contribution in [0, 0.1) is 0 Å². The van der Waals surface area contributed by atoms with Crippen molar-refractivity contribution in [3.05, 3.63) is 0 Å². The van der Waals surface area contributed by atoms with Crippen LogP contribution in [0.5, 0.6) is 0 Å². The van der Waals surface area contributed by atoms with Crippen LogP contribution in [0.1, 0.15) is 32.6 Å². The third-order valence-corrected chi connectivity index (χ3v) is 3.68. The zero-order valence-electron chi connectivity index (χ0n) is 11.2. The van der Waals surface area contributed by atoms with Gasteiger partial charge in [-0.1, -0.05) is 0 Å². The Morgan fingerprint density at radius 1 is 1.44 bits per heavy atom. The molecule has 2 heterocycles. The molecule has 104 valence electrons. The monoisotopic (exact) mass is 257 g/mol. The van der Waals surface area contributed by atoms with Crippen molar-refractivity contribution < 1.29 is 19.0 Å². The first kappa shape index (κ1) is 13.8. The minimum Gasteiger partial charge on any atom is -0.468 e. The van der Waals surface area contributed by atoms with Crippen LogP contribution in [-0.2, 0) is 19.0 Å². The number of hydrogen-bond acceptors (Lipinski definition) is 5. The molecule has 4 atom stereocenters. The van der Waals surface area contributed by atoms with Gasteiger partial charge >= 0.3 is 5.97 Å². The average molecular weight is 257 g/mol. The quantitative estimate of drug-likeness (QED) is 0.740. The topological polar surface area (TPSA) is 56.8 Å². The summed E-state index contributed by atoms with van der Waals surface area (Å²) in [7, 11) is 1.42. The molecule has 18 heavy (non-hydrogen) atoms. The van der Waals surface area contributed by atoms with Crippen molar-refractivity contribution in [3.63, 3.8) is 0 Å². The lowest BCUT2D eigenvalue weighted by Gasteiger charge is -2.23. The van der Waals surface area contributed by atoms with Crippen LogP contribution >= 0.6 is 0 Å². The molecule has 5 nitrogen and oxygen atoms in total. The molecule has 1 N–H and O–H groups in total. The first-order chi connectivity index (χ1) is 8.70. The maximum atomic E-state index is 11.8. The lowest BCUT2D eigenvalue weighted by atomic mass is 10.1. The molecule has 4 unspecified atom stereocenters. The summed E-state index contributed by atoms with van der Waals surface area (Å²) in [6.45, 7) is 3.55. The van der Waals surface area contributed by atoms with Crippen LogP contribution in [0.4, 0.5) is 0 Å². The molecular weight excluding hydrogens is 234 g/mol. The SMILES string of the molecule is COC(=O)C(NCC1CCCO1)C1CCC(C)O1. The standard InChI is InChI=1S/C13H23NO4/c1-9-5-6-11(18-9)12(13(15)16-2)14-8-10-4-3-7-17-10/h9-12,14H,3-8H2,1-2H3. The highest BCUT2D eigenvalue weighted by Gasteiger charge is 2.35. The minimum absolute atomic E-state index is 0.0751. The third-order valence-electron chi connectivity index (χ3n) is 3.68. The summed E-state index contributed by atoms with van der Waals surface area (Å²) in [5.74, 6) is -0.243. The van der Waals surface area contributed by atoms with E-state index < -0.39 is 0 Å². The summed E-state index contributed by atoms with van der Waals surface area (Å²) in [6, 6.07) is -0.371. The van der Waals surface area contributed by atoms with E-state index in [9.17, 15) is 4.79 Å². The molecule has 0 aliphatic carbocycles. The largest absolute Gasteiger partial charge is 0.468 e. The van der Waals surface area contributed by atoms with E-state index in [1.54, 1.807) is 0 Å². The lowest BCUT2D eigenvalue weighted by Crippen LogP contribution is -2.49. The predicted molar refractivity (Wildman–Crippen MR) is 66.3 cm³/mol. The normalized spacial score (nSPS) is 33.6. The molecule has 2 fully saturated rings. The Balaban J connectivity index is 1.86. The smallest absolute Gasteiger partial charge is 0.325 e. The molecule has 2 rings (SSSR count). The van der Waals surface area contributed by atoms with E-state index in [0.717, 1.165) is 32.3 Å². The molecule has 0 saturated carbocycles. The number of nitrogens with one attached hydrogen (secondary N) is 1. The van der Waals surface area contributed by atoms with E-state index in [-0.39, 0.29) is 30.3 Å². The van der Waals surface area contributed by atoms with E-state index in [2.05, 4.69) is 5.32 Å². The Labute approximate surface area is 108 Å². The number of rotatable bonds is 5. The molecular formula is C13H23NO4. The van der Waals surface area contributed by atoms with Crippen molar-refractivity contribution in [1.29, 1.82) is 0 Å². The van der Waals surface area contributed by atoms with E-state index in [4.69, 9.17) is 14.2 Å². The fourth-order valence-corrected chi connectivity index (χ4v) is 2.64. The maximum Gasteiger partial charge on any atom is 0.325 e. The lowest BCUT2D eigenvalue weighted by molar-refractivity contribution is -0.147. The van der Waals surface area contributed by atoms with Crippen molar-refractivity contribution in [2.24, 2.45) is 0 Å². The first-order valence-electron chi connectivity index (χ1n) is 6.79. The summed E-state index contributed by atoms with van der Waals surface area (Å²) in [5.41, 5.74) is 0. The van der Waals surface area contributed by atoms with Crippen LogP contribution in [0.2, 0.25) is 0 Å². The van der Waals surface area contributed by atoms with Crippen molar-refractivity contribution in [1.82, 2.24) is 5.32 Å². The molecule has 0 radical (unpaired) electrons. The molecule has 0 aromatic rings. The highest BCUT2D eigenvalue weighted by molar-refractivity contribution is 5.76. The van der Waals surface area contributed by atoms with Gasteiger partial charge in [-0.05, 0) is 32.6 Å². The second kappa shape index (κ2) is 6.50. The van der Waals surface area contributed by atoms with Gasteiger partial charge in [0.15, 0.2) is 0 Å². The van der Waals surface area contributed by atoms with Crippen molar-refractivity contribution >= 4 is 5.97 Å². The zero-order chi connectivity index (χ0) is 13.0. The molecule has 2 aliphatic rings. The highest BCUT2D eigenvalue weighted by atomic mass is 16.5. The Morgan fingerprint density at radius 2 is 2.28 bits per heavy atom. The number of esters is 1. The second-order valence-corrected chi connectivity index (χ2v) is 5.11. The summed E-state index contributed by atoms with van der Waals surface area (Å²) in [4.78, 5) is 11.8. The molecule has 0 aromatic carbocycles. The molecule has 0 amide bonds. The average Bonchev–Trinajstić information content (AvgIpc) is 3.01. The van der Waals surface area contributed by atoms with E-state index in [1.165, 1.54) is 7.11 Å². The van der Waals surface area contributed by atoms with Gasteiger partial charge in [0.25, 0.3) is 0 Å². The Kier molecular flexibility index (Phi) is 4.97. The summed E-state index contributed by atoms with van der Waals surface area (Å²) >= 11 is 0. The Hall–Kier alpha value is -0.650. The van der Waals surface area contributed by atoms with Crippen LogP contribution in [0.3, 0.4) is 0 Å². The van der Waals surface area contributed by atoms with Gasteiger partial charge in [-0.15, -0.1) is 0 Å². The molecule has 0 spiro atoms. The second-order valence-electron chi connectivity index (χ2n) is 5.11. The van der Waals surface area contributed by atoms with Crippen LogP contribution < -0.4 is 5.32 Å². The summed E-state index contributed by atoms with van der Waals surface area (Å²) < 4.78 is 16.2. The van der Waals surface area contributed by atoms with Gasteiger partial charge in [0.2, 0.25) is 0 Å². The van der Waals surface area contributed by atoms with E-state index >= 15 is 0 Å². The Bertz CT molecular complexity index is 278. The third kappa shape index (κ3) is 3.43. The number of methoxy groups -OCH3 is 1. The fraction of sp³-hybridized carbons (Fsp3) is 0.923. The zero-order valence-corrected chi connectivity index (χ0v) is 11.2. The van der Waals surface area contributed by atoms with Crippen LogP contribution in [-0.4, -0.2) is 50.6 Å². The van der Waals surface area contributed by atoms with Gasteiger partial charge in [-0.2, -0.15) is 0 Å². The predicted octanol–water partition coefficient (Wildman–Crippen LogP) is 0.864. The van der Waals surface area contributed by atoms with Gasteiger partial charge in [0.05, 0.1) is 25.4 Å². The maximum absolute atomic E-state index is 11.8. The van der Waals surface area contributed by atoms with Crippen LogP contribution in [0.25, 0.3) is 0 Å². The molecule has 2 aliphatic heterocycles. The number of carbonyl (C=O) groups is 1. The van der Waals surface area contributed by atoms with Gasteiger partial charge in [0.1, 0.15) is 6.04 Å². The number of ether oxygens (including phenoxy) is 3. The molecule has 0 bridgehead atoms. The molecule has 2 saturated heterocycles. The fourth-order valence-electron chi connectivity index (χ4n) is 2.64. The first-order valence-corrected chi connectivity index (χ1v) is 6.79. The van der Waals surface area contributed by atoms with Crippen molar-refractivity contribution in [2.75, 3.05) is 20.3 Å². The molecule has 0 aromatic heterocycles. The number of carbonyl (C=O) groups excluding carboxylic acids is 1. The van der Waals surface area contributed by atoms with Gasteiger partial charge in [0, 0.05) is 13.2 Å². The Morgan fingerprint density at radius 3 is 2.83 bits per heavy atom. The van der Waals surface area contributed by atoms with Gasteiger partial charge < -0.3 is 14.2 Å². The van der Waals surface area contributed by atoms with Crippen molar-refractivity contribution in [3.8, 4) is 0 Å². The van der Waals surface area contributed by atoms with Gasteiger partial charge in [-0.3, -0.25) is 10.1 Å². The van der Waals surface area contributed by atoms with E-state index in [1.807, 2.05) is 6.92 Å². The highest BCUT2D eigenvalue weighted by Crippen LogP contribution is 2.22. The van der Waals surface area contributed by atoms with E-state index in [0.29, 0.717) is 6.54 Å². The summed E-state index contributed by atoms with van der Waals surface area (Å²) in [6.07, 6.45) is 4.44. The summed E-state index contributed by atoms with van der Waals surface area (Å²) in [5, 5.41) is 3.25.